The molecule has 188 valence electrons. The van der Waals surface area contributed by atoms with Crippen molar-refractivity contribution in [2.24, 2.45) is 14.1 Å². The molecule has 10 nitrogen and oxygen atoms in total. The Morgan fingerprint density at radius 1 is 1.19 bits per heavy atom. The lowest BCUT2D eigenvalue weighted by atomic mass is 10.2. The Morgan fingerprint density at radius 2 is 1.94 bits per heavy atom. The third kappa shape index (κ3) is 4.85. The molecule has 4 aromatic rings. The molecule has 0 aromatic carbocycles. The Balaban J connectivity index is 1.73. The second-order valence-electron chi connectivity index (χ2n) is 7.97. The molecule has 4 aromatic heterocycles. The average Bonchev–Trinajstić information content (AvgIpc) is 3.11. The number of carbonyl (C=O) groups is 1. The Morgan fingerprint density at radius 3 is 2.61 bits per heavy atom. The SMILES string of the molecule is COc1c(Oc2ccnc(CC(C)=O)c2)cnc2nc(Nc3cc(C(F)(F)F)cn(C)c3=O)n(C)c12. The van der Waals surface area contributed by atoms with E-state index in [4.69, 9.17) is 9.47 Å². The van der Waals surface area contributed by atoms with Crippen molar-refractivity contribution < 1.29 is 27.4 Å². The van der Waals surface area contributed by atoms with Crippen LogP contribution in [0.1, 0.15) is 18.2 Å². The third-order valence-electron chi connectivity index (χ3n) is 5.23. The summed E-state index contributed by atoms with van der Waals surface area (Å²) in [7, 11) is 4.23. The molecule has 0 amide bonds. The highest BCUT2D eigenvalue weighted by Gasteiger charge is 2.32. The first-order valence-corrected chi connectivity index (χ1v) is 10.5. The second kappa shape index (κ2) is 9.32. The number of ether oxygens (including phenoxy) is 2. The van der Waals surface area contributed by atoms with Crippen molar-refractivity contribution in [3.63, 3.8) is 0 Å². The quantitative estimate of drug-likeness (QED) is 0.407. The second-order valence-corrected chi connectivity index (χ2v) is 7.97. The Labute approximate surface area is 202 Å². The first kappa shape index (κ1) is 24.7. The number of ketones is 1. The lowest BCUT2D eigenvalue weighted by molar-refractivity contribution is -0.138. The zero-order valence-electron chi connectivity index (χ0n) is 19.7. The number of nitrogens with one attached hydrogen (secondary N) is 1. The number of nitrogens with zero attached hydrogens (tertiary/aromatic N) is 5. The van der Waals surface area contributed by atoms with Crippen LogP contribution in [0.25, 0.3) is 11.2 Å². The number of anilines is 2. The molecular weight excluding hydrogens is 481 g/mol. The summed E-state index contributed by atoms with van der Waals surface area (Å²) in [5, 5.41) is 2.67. The van der Waals surface area contributed by atoms with Crippen LogP contribution in [0.15, 0.2) is 41.6 Å². The summed E-state index contributed by atoms with van der Waals surface area (Å²) in [5.74, 6) is 0.899. The minimum Gasteiger partial charge on any atom is -0.491 e. The number of aryl methyl sites for hydroxylation is 2. The number of aromatic nitrogens is 5. The van der Waals surface area contributed by atoms with Crippen LogP contribution in [0.3, 0.4) is 0 Å². The summed E-state index contributed by atoms with van der Waals surface area (Å²) < 4.78 is 53.5. The van der Waals surface area contributed by atoms with Crippen LogP contribution in [0.4, 0.5) is 24.8 Å². The number of imidazole rings is 1. The molecule has 0 atom stereocenters. The van der Waals surface area contributed by atoms with Gasteiger partial charge in [-0.3, -0.25) is 14.6 Å². The Bertz CT molecular complexity index is 1530. The molecule has 4 heterocycles. The predicted molar refractivity (Wildman–Crippen MR) is 124 cm³/mol. The van der Waals surface area contributed by atoms with Gasteiger partial charge in [0.15, 0.2) is 17.1 Å². The lowest BCUT2D eigenvalue weighted by Gasteiger charge is -2.13. The lowest BCUT2D eigenvalue weighted by Crippen LogP contribution is -2.23. The molecule has 0 aliphatic heterocycles. The summed E-state index contributed by atoms with van der Waals surface area (Å²) in [6.07, 6.45) is -0.877. The monoisotopic (exact) mass is 502 g/mol. The zero-order valence-corrected chi connectivity index (χ0v) is 19.7. The van der Waals surface area contributed by atoms with Gasteiger partial charge >= 0.3 is 6.18 Å². The van der Waals surface area contributed by atoms with Crippen LogP contribution >= 0.6 is 0 Å². The number of methoxy groups -OCH3 is 1. The van der Waals surface area contributed by atoms with Gasteiger partial charge in [0.2, 0.25) is 5.95 Å². The van der Waals surface area contributed by atoms with E-state index in [0.29, 0.717) is 17.0 Å². The molecule has 1 N–H and O–H groups in total. The van der Waals surface area contributed by atoms with Crippen LogP contribution in [-0.2, 0) is 31.5 Å². The maximum Gasteiger partial charge on any atom is 0.417 e. The summed E-state index contributed by atoms with van der Waals surface area (Å²) in [5.41, 5.74) is -0.852. The normalized spacial score (nSPS) is 11.5. The maximum absolute atomic E-state index is 13.2. The highest BCUT2D eigenvalue weighted by Crippen LogP contribution is 2.38. The molecule has 0 aliphatic rings. The van der Waals surface area contributed by atoms with Gasteiger partial charge < -0.3 is 23.9 Å². The van der Waals surface area contributed by atoms with Gasteiger partial charge in [0.1, 0.15) is 22.7 Å². The van der Waals surface area contributed by atoms with Crippen molar-refractivity contribution in [2.45, 2.75) is 19.5 Å². The topological polar surface area (TPSA) is 113 Å². The van der Waals surface area contributed by atoms with Crippen molar-refractivity contribution >= 4 is 28.6 Å². The number of fused-ring (bicyclic) bond motifs is 1. The molecule has 0 fully saturated rings. The number of hydrogen-bond acceptors (Lipinski definition) is 8. The molecule has 36 heavy (non-hydrogen) atoms. The average molecular weight is 502 g/mol. The molecular formula is C23H21F3N6O4. The van der Waals surface area contributed by atoms with Gasteiger partial charge in [0.25, 0.3) is 5.56 Å². The summed E-state index contributed by atoms with van der Waals surface area (Å²) in [4.78, 5) is 36.6. The molecule has 0 spiro atoms. The fourth-order valence-corrected chi connectivity index (χ4v) is 3.58. The maximum atomic E-state index is 13.2. The number of pyridine rings is 3. The van der Waals surface area contributed by atoms with Gasteiger partial charge in [-0.05, 0) is 19.1 Å². The Hall–Kier alpha value is -4.42. The highest BCUT2D eigenvalue weighted by atomic mass is 19.4. The van der Waals surface area contributed by atoms with Crippen LogP contribution < -0.4 is 20.3 Å². The zero-order chi connectivity index (χ0) is 26.2. The van der Waals surface area contributed by atoms with Gasteiger partial charge in [-0.15, -0.1) is 0 Å². The van der Waals surface area contributed by atoms with E-state index in [9.17, 15) is 22.8 Å². The van der Waals surface area contributed by atoms with E-state index in [-0.39, 0.29) is 41.0 Å². The fraction of sp³-hybridized carbons (Fsp3) is 0.261. The van der Waals surface area contributed by atoms with Gasteiger partial charge in [0.05, 0.1) is 24.6 Å². The van der Waals surface area contributed by atoms with Crippen LogP contribution in [0.5, 0.6) is 17.2 Å². The summed E-state index contributed by atoms with van der Waals surface area (Å²) >= 11 is 0. The van der Waals surface area contributed by atoms with Gasteiger partial charge in [0, 0.05) is 39.0 Å². The standard InChI is InChI=1S/C23H21F3N6O4/c1-12(33)7-14-9-15(5-6-27-14)36-17-10-28-20-18(19(17)35-4)32(3)22(30-20)29-16-8-13(23(24,25)26)11-31(2)21(16)34/h5-6,8-11H,7H2,1-4H3,(H,28,29,30). The minimum atomic E-state index is -4.64. The van der Waals surface area contributed by atoms with Crippen LogP contribution in [-0.4, -0.2) is 37.0 Å². The molecule has 0 saturated heterocycles. The Kier molecular flexibility index (Phi) is 6.39. The predicted octanol–water partition coefficient (Wildman–Crippen LogP) is 3.76. The van der Waals surface area contributed by atoms with Crippen molar-refractivity contribution in [1.82, 2.24) is 24.1 Å². The first-order valence-electron chi connectivity index (χ1n) is 10.5. The van der Waals surface area contributed by atoms with Crippen molar-refractivity contribution in [1.29, 1.82) is 0 Å². The van der Waals surface area contributed by atoms with E-state index >= 15 is 0 Å². The summed E-state index contributed by atoms with van der Waals surface area (Å²) in [6.45, 7) is 1.46. The summed E-state index contributed by atoms with van der Waals surface area (Å²) in [6, 6.07) is 3.94. The molecule has 0 radical (unpaired) electrons. The molecule has 0 aliphatic carbocycles. The molecule has 0 bridgehead atoms. The van der Waals surface area contributed by atoms with Crippen molar-refractivity contribution in [3.05, 3.63) is 58.4 Å². The largest absolute Gasteiger partial charge is 0.491 e. The van der Waals surface area contributed by atoms with Gasteiger partial charge in [-0.25, -0.2) is 4.98 Å². The van der Waals surface area contributed by atoms with Crippen molar-refractivity contribution in [2.75, 3.05) is 12.4 Å². The highest BCUT2D eigenvalue weighted by molar-refractivity contribution is 5.85. The van der Waals surface area contributed by atoms with E-state index in [1.54, 1.807) is 19.2 Å². The smallest absolute Gasteiger partial charge is 0.417 e. The first-order chi connectivity index (χ1) is 17.0. The number of halogens is 3. The van der Waals surface area contributed by atoms with Crippen LogP contribution in [0, 0.1) is 0 Å². The van der Waals surface area contributed by atoms with E-state index in [2.05, 4.69) is 20.3 Å². The van der Waals surface area contributed by atoms with Crippen LogP contribution in [0.2, 0.25) is 0 Å². The van der Waals surface area contributed by atoms with E-state index in [1.165, 1.54) is 38.0 Å². The number of carbonyl (C=O) groups excluding carboxylic acids is 1. The van der Waals surface area contributed by atoms with Gasteiger partial charge in [-0.2, -0.15) is 18.2 Å². The molecule has 0 saturated carbocycles. The van der Waals surface area contributed by atoms with Crippen molar-refractivity contribution in [3.8, 4) is 17.2 Å². The number of rotatable bonds is 7. The number of alkyl halides is 3. The molecule has 4 rings (SSSR count). The van der Waals surface area contributed by atoms with Gasteiger partial charge in [-0.1, -0.05) is 0 Å². The third-order valence-corrected chi connectivity index (χ3v) is 5.23. The minimum absolute atomic E-state index is 0.0502. The van der Waals surface area contributed by atoms with E-state index < -0.39 is 17.3 Å². The van der Waals surface area contributed by atoms with E-state index in [1.807, 2.05) is 0 Å². The molecule has 0 unspecified atom stereocenters. The van der Waals surface area contributed by atoms with E-state index in [0.717, 1.165) is 16.8 Å². The molecule has 13 heteroatoms. The fourth-order valence-electron chi connectivity index (χ4n) is 3.58. The number of hydrogen-bond donors (Lipinski definition) is 1. The number of Topliss-reactive ketones (excluding diaryl/α,β-unsaturated/α-hetero) is 1.